The first-order valence-corrected chi connectivity index (χ1v) is 6.00. The largest absolute Gasteiger partial charge is 0.497 e. The second-order valence-corrected chi connectivity index (χ2v) is 4.31. The van der Waals surface area contributed by atoms with Gasteiger partial charge in [-0.25, -0.2) is 4.79 Å². The molecule has 0 aliphatic heterocycles. The minimum atomic E-state index is -0.945. The van der Waals surface area contributed by atoms with Gasteiger partial charge in [0.25, 0.3) is 5.91 Å². The Morgan fingerprint density at radius 2 is 1.85 bits per heavy atom. The number of urea groups is 1. The topological polar surface area (TPSA) is 117 Å². The van der Waals surface area contributed by atoms with E-state index in [0.29, 0.717) is 17.1 Å². The van der Waals surface area contributed by atoms with Gasteiger partial charge in [-0.1, -0.05) is 12.2 Å². The summed E-state index contributed by atoms with van der Waals surface area (Å²) in [6.07, 6.45) is -0.922. The SMILES string of the molecule is COc1cc(OC(C)C(=O)NC(N)=O)cc(C(N)=S)c1. The van der Waals surface area contributed by atoms with Crippen LogP contribution in [0.4, 0.5) is 4.79 Å². The average Bonchev–Trinajstić information content (AvgIpc) is 2.37. The lowest BCUT2D eigenvalue weighted by molar-refractivity contribution is -0.126. The van der Waals surface area contributed by atoms with Gasteiger partial charge in [-0.15, -0.1) is 0 Å². The number of ether oxygens (including phenoxy) is 2. The number of nitrogens with one attached hydrogen (secondary N) is 1. The third-order valence-electron chi connectivity index (χ3n) is 2.33. The molecule has 0 aliphatic carbocycles. The third-order valence-corrected chi connectivity index (χ3v) is 2.56. The maximum absolute atomic E-state index is 11.5. The van der Waals surface area contributed by atoms with Crippen molar-refractivity contribution in [2.45, 2.75) is 13.0 Å². The molecule has 0 aromatic heterocycles. The first-order chi connectivity index (χ1) is 9.33. The zero-order chi connectivity index (χ0) is 15.3. The number of carbonyl (C=O) groups is 2. The van der Waals surface area contributed by atoms with E-state index in [2.05, 4.69) is 0 Å². The molecule has 0 heterocycles. The summed E-state index contributed by atoms with van der Waals surface area (Å²) in [5, 5.41) is 1.92. The zero-order valence-corrected chi connectivity index (χ0v) is 11.8. The highest BCUT2D eigenvalue weighted by atomic mass is 32.1. The zero-order valence-electron chi connectivity index (χ0n) is 11.0. The third kappa shape index (κ3) is 4.39. The molecule has 8 heteroatoms. The molecule has 0 saturated heterocycles. The Morgan fingerprint density at radius 3 is 2.35 bits per heavy atom. The van der Waals surface area contributed by atoms with Crippen LogP contribution in [0.2, 0.25) is 0 Å². The van der Waals surface area contributed by atoms with Gasteiger partial charge in [-0.2, -0.15) is 0 Å². The number of carbonyl (C=O) groups excluding carboxylic acids is 2. The first kappa shape index (κ1) is 15.7. The molecule has 0 spiro atoms. The Balaban J connectivity index is 2.91. The second-order valence-electron chi connectivity index (χ2n) is 3.88. The van der Waals surface area contributed by atoms with Crippen molar-refractivity contribution < 1.29 is 19.1 Å². The fraction of sp³-hybridized carbons (Fsp3) is 0.250. The van der Waals surface area contributed by atoms with E-state index in [1.54, 1.807) is 18.2 Å². The van der Waals surface area contributed by atoms with Crippen molar-refractivity contribution in [3.63, 3.8) is 0 Å². The number of methoxy groups -OCH3 is 1. The summed E-state index contributed by atoms with van der Waals surface area (Å²) in [6, 6.07) is 3.83. The molecule has 0 aliphatic rings. The molecule has 1 rings (SSSR count). The summed E-state index contributed by atoms with van der Waals surface area (Å²) >= 11 is 4.88. The van der Waals surface area contributed by atoms with Crippen LogP contribution in [0.3, 0.4) is 0 Å². The first-order valence-electron chi connectivity index (χ1n) is 5.59. The minimum absolute atomic E-state index is 0.169. The van der Waals surface area contributed by atoms with Crippen molar-refractivity contribution in [1.29, 1.82) is 0 Å². The van der Waals surface area contributed by atoms with Gasteiger partial charge in [0.05, 0.1) is 7.11 Å². The van der Waals surface area contributed by atoms with Crippen molar-refractivity contribution in [3.05, 3.63) is 23.8 Å². The number of primary amides is 1. The van der Waals surface area contributed by atoms with Crippen LogP contribution in [0.1, 0.15) is 12.5 Å². The van der Waals surface area contributed by atoms with Gasteiger partial charge >= 0.3 is 6.03 Å². The number of hydrogen-bond donors (Lipinski definition) is 3. The van der Waals surface area contributed by atoms with E-state index in [4.69, 9.17) is 33.2 Å². The van der Waals surface area contributed by atoms with E-state index in [0.717, 1.165) is 0 Å². The summed E-state index contributed by atoms with van der Waals surface area (Å²) in [5.41, 5.74) is 10.9. The number of thiocarbonyl (C=S) groups is 1. The summed E-state index contributed by atoms with van der Waals surface area (Å²) in [7, 11) is 1.48. The lowest BCUT2D eigenvalue weighted by Gasteiger charge is -2.15. The Labute approximate surface area is 121 Å². The molecule has 1 aromatic rings. The Hall–Kier alpha value is -2.35. The Bertz CT molecular complexity index is 548. The van der Waals surface area contributed by atoms with Gasteiger partial charge in [-0.05, 0) is 19.1 Å². The molecule has 20 heavy (non-hydrogen) atoms. The lowest BCUT2D eigenvalue weighted by Crippen LogP contribution is -2.42. The normalized spacial score (nSPS) is 11.3. The molecule has 108 valence electrons. The molecular formula is C12H15N3O4S. The summed E-state index contributed by atoms with van der Waals surface area (Å²) in [6.45, 7) is 1.47. The van der Waals surface area contributed by atoms with Crippen molar-refractivity contribution in [1.82, 2.24) is 5.32 Å². The van der Waals surface area contributed by atoms with Crippen molar-refractivity contribution in [2.75, 3.05) is 7.11 Å². The van der Waals surface area contributed by atoms with E-state index in [-0.39, 0.29) is 4.99 Å². The number of rotatable bonds is 5. The fourth-order valence-electron chi connectivity index (χ4n) is 1.38. The highest BCUT2D eigenvalue weighted by Crippen LogP contribution is 2.23. The smallest absolute Gasteiger partial charge is 0.318 e. The molecular weight excluding hydrogens is 282 g/mol. The molecule has 0 bridgehead atoms. The van der Waals surface area contributed by atoms with E-state index < -0.39 is 18.0 Å². The van der Waals surface area contributed by atoms with Crippen LogP contribution >= 0.6 is 12.2 Å². The predicted octanol–water partition coefficient (Wildman–Crippen LogP) is 0.292. The maximum Gasteiger partial charge on any atom is 0.318 e. The van der Waals surface area contributed by atoms with Crippen LogP contribution < -0.4 is 26.3 Å². The monoisotopic (exact) mass is 297 g/mol. The van der Waals surface area contributed by atoms with Gasteiger partial charge in [0.1, 0.15) is 16.5 Å². The van der Waals surface area contributed by atoms with Gasteiger partial charge in [0.2, 0.25) is 0 Å². The van der Waals surface area contributed by atoms with Gasteiger partial charge in [-0.3, -0.25) is 10.1 Å². The molecule has 1 unspecified atom stereocenters. The summed E-state index contributed by atoms with van der Waals surface area (Å²) in [5.74, 6) is 0.157. The highest BCUT2D eigenvalue weighted by Gasteiger charge is 2.17. The quantitative estimate of drug-likeness (QED) is 0.673. The van der Waals surface area contributed by atoms with Crippen LogP contribution in [0.25, 0.3) is 0 Å². The van der Waals surface area contributed by atoms with Crippen LogP contribution in [0, 0.1) is 0 Å². The van der Waals surface area contributed by atoms with E-state index in [1.165, 1.54) is 14.0 Å². The van der Waals surface area contributed by atoms with E-state index in [1.807, 2.05) is 5.32 Å². The number of nitrogens with two attached hydrogens (primary N) is 2. The molecule has 0 fully saturated rings. The molecule has 3 amide bonds. The summed E-state index contributed by atoms with van der Waals surface area (Å²) < 4.78 is 10.5. The number of hydrogen-bond acceptors (Lipinski definition) is 5. The molecule has 5 N–H and O–H groups in total. The van der Waals surface area contributed by atoms with Crippen LogP contribution in [0.5, 0.6) is 11.5 Å². The van der Waals surface area contributed by atoms with Crippen molar-refractivity contribution in [2.24, 2.45) is 11.5 Å². The number of imide groups is 1. The van der Waals surface area contributed by atoms with E-state index >= 15 is 0 Å². The molecule has 1 atom stereocenters. The van der Waals surface area contributed by atoms with Crippen LogP contribution in [0.15, 0.2) is 18.2 Å². The fourth-order valence-corrected chi connectivity index (χ4v) is 1.50. The lowest BCUT2D eigenvalue weighted by atomic mass is 10.2. The van der Waals surface area contributed by atoms with Gasteiger partial charge < -0.3 is 20.9 Å². The molecule has 0 saturated carbocycles. The average molecular weight is 297 g/mol. The highest BCUT2D eigenvalue weighted by molar-refractivity contribution is 7.80. The molecule has 7 nitrogen and oxygen atoms in total. The predicted molar refractivity (Wildman–Crippen MR) is 76.7 cm³/mol. The van der Waals surface area contributed by atoms with Gasteiger partial charge in [0.15, 0.2) is 6.10 Å². The van der Waals surface area contributed by atoms with Crippen LogP contribution in [-0.2, 0) is 4.79 Å². The maximum atomic E-state index is 11.5. The second kappa shape index (κ2) is 6.71. The van der Waals surface area contributed by atoms with Gasteiger partial charge in [0, 0.05) is 11.6 Å². The minimum Gasteiger partial charge on any atom is -0.497 e. The number of benzene rings is 1. The van der Waals surface area contributed by atoms with Crippen LogP contribution in [-0.4, -0.2) is 30.1 Å². The standard InChI is InChI=1S/C12H15N3O4S/c1-6(11(16)15-12(14)17)19-9-4-7(10(13)20)3-8(5-9)18-2/h3-6H,1-2H3,(H2,13,20)(H3,14,15,16,17). The van der Waals surface area contributed by atoms with Crippen molar-refractivity contribution in [3.8, 4) is 11.5 Å². The molecule has 0 radical (unpaired) electrons. The van der Waals surface area contributed by atoms with E-state index in [9.17, 15) is 9.59 Å². The van der Waals surface area contributed by atoms with Crippen molar-refractivity contribution >= 4 is 29.1 Å². The molecule has 1 aromatic carbocycles. The Kier molecular flexibility index (Phi) is 5.27. The Morgan fingerprint density at radius 1 is 1.25 bits per heavy atom. The number of amides is 3. The summed E-state index contributed by atoms with van der Waals surface area (Å²) in [4.78, 5) is 22.3.